The van der Waals surface area contributed by atoms with Crippen molar-refractivity contribution in [2.45, 2.75) is 25.3 Å². The summed E-state index contributed by atoms with van der Waals surface area (Å²) in [7, 11) is 0. The molecular formula is C24H18FN7O2. The third-order valence-corrected chi connectivity index (χ3v) is 6.18. The molecule has 2 bridgehead atoms. The number of aromatic carboxylic acids is 1. The molecular weight excluding hydrogens is 437 g/mol. The van der Waals surface area contributed by atoms with E-state index in [2.05, 4.69) is 24.9 Å². The predicted molar refractivity (Wildman–Crippen MR) is 121 cm³/mol. The molecule has 9 nitrogen and oxygen atoms in total. The van der Waals surface area contributed by atoms with Crippen molar-refractivity contribution in [2.75, 3.05) is 10.0 Å². The Morgan fingerprint density at radius 3 is 2.76 bits per heavy atom. The molecule has 1 aliphatic carbocycles. The minimum atomic E-state index is -1.28. The second-order valence-corrected chi connectivity index (χ2v) is 8.14. The summed E-state index contributed by atoms with van der Waals surface area (Å²) in [5.74, 6) is -1.07. The minimum absolute atomic E-state index is 0.159. The number of aromatic nitrogens is 5. The van der Waals surface area contributed by atoms with Crippen molar-refractivity contribution in [1.29, 1.82) is 0 Å². The molecule has 3 aromatic heterocycles. The first-order valence-corrected chi connectivity index (χ1v) is 10.8. The van der Waals surface area contributed by atoms with Crippen LogP contribution >= 0.6 is 0 Å². The number of benzene rings is 1. The van der Waals surface area contributed by atoms with E-state index < -0.39 is 11.8 Å². The molecule has 0 radical (unpaired) electrons. The molecule has 0 saturated heterocycles. The third-order valence-electron chi connectivity index (χ3n) is 6.18. The number of hydrazine groups is 1. The fraction of sp³-hybridized carbons (Fsp3) is 0.167. The van der Waals surface area contributed by atoms with Crippen LogP contribution < -0.4 is 10.0 Å². The fourth-order valence-electron chi connectivity index (χ4n) is 4.65. The number of hydrogen-bond donors (Lipinski definition) is 1. The van der Waals surface area contributed by atoms with Crippen LogP contribution in [0.2, 0.25) is 0 Å². The lowest BCUT2D eigenvalue weighted by Gasteiger charge is -2.43. The first-order chi connectivity index (χ1) is 16.6. The van der Waals surface area contributed by atoms with Gasteiger partial charge < -0.3 is 5.11 Å². The third kappa shape index (κ3) is 3.22. The summed E-state index contributed by atoms with van der Waals surface area (Å²) in [5, 5.41) is 13.2. The van der Waals surface area contributed by atoms with Crippen molar-refractivity contribution >= 4 is 23.6 Å². The smallest absolute Gasteiger partial charge is 0.338 e. The Balaban J connectivity index is 1.48. The van der Waals surface area contributed by atoms with E-state index in [4.69, 9.17) is 0 Å². The number of pyridine rings is 1. The van der Waals surface area contributed by atoms with Crippen LogP contribution in [-0.2, 0) is 12.8 Å². The first kappa shape index (κ1) is 20.2. The summed E-state index contributed by atoms with van der Waals surface area (Å²) in [6.45, 7) is 0. The zero-order valence-electron chi connectivity index (χ0n) is 17.8. The molecule has 1 atom stereocenters. The van der Waals surface area contributed by atoms with Gasteiger partial charge in [0.15, 0.2) is 0 Å². The van der Waals surface area contributed by atoms with E-state index in [1.807, 2.05) is 22.2 Å². The Morgan fingerprint density at radius 2 is 1.94 bits per heavy atom. The molecule has 10 heteroatoms. The van der Waals surface area contributed by atoms with Crippen molar-refractivity contribution in [3.63, 3.8) is 0 Å². The molecule has 2 aliphatic rings. The molecule has 0 amide bonds. The molecule has 1 unspecified atom stereocenters. The van der Waals surface area contributed by atoms with Crippen LogP contribution in [0.3, 0.4) is 0 Å². The topological polar surface area (TPSA) is 108 Å². The second kappa shape index (κ2) is 7.84. The Bertz CT molecular complexity index is 1420. The van der Waals surface area contributed by atoms with Gasteiger partial charge in [-0.05, 0) is 60.7 Å². The Hall–Kier alpha value is -4.47. The highest BCUT2D eigenvalue weighted by Crippen LogP contribution is 2.41. The van der Waals surface area contributed by atoms with Gasteiger partial charge in [-0.3, -0.25) is 4.98 Å². The highest BCUT2D eigenvalue weighted by Gasteiger charge is 2.36. The lowest BCUT2D eigenvalue weighted by atomic mass is 9.86. The molecule has 34 heavy (non-hydrogen) atoms. The number of aryl methyl sites for hydroxylation is 1. The lowest BCUT2D eigenvalue weighted by molar-refractivity contribution is 0.0691. The standard InChI is InChI=1S/C24H18FN7O2/c25-19-12-14-2-3-16(10-15(14)11-17(19)22(33)34)31(23-27-6-1-7-28-23)32-21-5-8-26-13-18(21)20-4-9-29-24(32)30-20/h1,4-9,11-13,16H,2-3,10H2,(H,33,34). The first-order valence-electron chi connectivity index (χ1n) is 10.8. The van der Waals surface area contributed by atoms with Crippen molar-refractivity contribution in [2.24, 2.45) is 0 Å². The fourth-order valence-corrected chi connectivity index (χ4v) is 4.65. The average Bonchev–Trinajstić information content (AvgIpc) is 2.86. The number of anilines is 3. The van der Waals surface area contributed by atoms with Crippen LogP contribution in [0.15, 0.2) is 61.3 Å². The molecule has 0 saturated carbocycles. The number of fused-ring (bicyclic) bond motifs is 5. The quantitative estimate of drug-likeness (QED) is 0.494. The normalized spacial score (nSPS) is 15.9. The van der Waals surface area contributed by atoms with Crippen molar-refractivity contribution in [3.05, 3.63) is 83.8 Å². The Labute approximate surface area is 193 Å². The zero-order valence-corrected chi connectivity index (χ0v) is 17.8. The van der Waals surface area contributed by atoms with Crippen LogP contribution in [0.1, 0.15) is 27.9 Å². The molecule has 4 heterocycles. The Morgan fingerprint density at radius 1 is 1.09 bits per heavy atom. The van der Waals surface area contributed by atoms with Gasteiger partial charge in [-0.15, -0.1) is 0 Å². The largest absolute Gasteiger partial charge is 0.478 e. The summed E-state index contributed by atoms with van der Waals surface area (Å²) in [5.41, 5.74) is 3.74. The number of carboxylic acid groups (broad SMARTS) is 1. The summed E-state index contributed by atoms with van der Waals surface area (Å²) < 4.78 is 14.3. The van der Waals surface area contributed by atoms with E-state index in [0.29, 0.717) is 31.2 Å². The van der Waals surface area contributed by atoms with E-state index >= 15 is 0 Å². The molecule has 4 aromatic rings. The maximum absolute atomic E-state index is 14.3. The average molecular weight is 455 g/mol. The van der Waals surface area contributed by atoms with E-state index in [1.54, 1.807) is 37.1 Å². The second-order valence-electron chi connectivity index (χ2n) is 8.14. The Kier molecular flexibility index (Phi) is 4.65. The molecule has 0 spiro atoms. The van der Waals surface area contributed by atoms with Gasteiger partial charge in [0.1, 0.15) is 5.82 Å². The molecule has 168 valence electrons. The lowest BCUT2D eigenvalue weighted by Crippen LogP contribution is -2.51. The summed E-state index contributed by atoms with van der Waals surface area (Å²) in [6, 6.07) is 8.09. The number of halogens is 1. The van der Waals surface area contributed by atoms with Gasteiger partial charge in [-0.2, -0.15) is 0 Å². The van der Waals surface area contributed by atoms with Gasteiger partial charge in [-0.25, -0.2) is 39.1 Å². The van der Waals surface area contributed by atoms with Crippen molar-refractivity contribution < 1.29 is 14.3 Å². The number of hydrogen-bond acceptors (Lipinski definition) is 8. The van der Waals surface area contributed by atoms with Gasteiger partial charge in [-0.1, -0.05) is 0 Å². The molecule has 1 N–H and O–H groups in total. The van der Waals surface area contributed by atoms with Crippen LogP contribution in [-0.4, -0.2) is 42.0 Å². The number of nitrogens with zero attached hydrogens (tertiary/aromatic N) is 7. The maximum Gasteiger partial charge on any atom is 0.338 e. The molecule has 1 aromatic carbocycles. The van der Waals surface area contributed by atoms with Crippen molar-refractivity contribution in [3.8, 4) is 11.3 Å². The van der Waals surface area contributed by atoms with E-state index in [9.17, 15) is 14.3 Å². The zero-order chi connectivity index (χ0) is 23.2. The molecule has 6 rings (SSSR count). The highest BCUT2D eigenvalue weighted by atomic mass is 19.1. The van der Waals surface area contributed by atoms with Gasteiger partial charge in [0.2, 0.25) is 11.9 Å². The molecule has 0 fully saturated rings. The van der Waals surface area contributed by atoms with Crippen LogP contribution in [0, 0.1) is 5.82 Å². The summed E-state index contributed by atoms with van der Waals surface area (Å²) in [4.78, 5) is 34.0. The summed E-state index contributed by atoms with van der Waals surface area (Å²) in [6.07, 6.45) is 10.2. The monoisotopic (exact) mass is 455 g/mol. The van der Waals surface area contributed by atoms with E-state index in [1.165, 1.54) is 12.1 Å². The minimum Gasteiger partial charge on any atom is -0.478 e. The molecule has 1 aliphatic heterocycles. The van der Waals surface area contributed by atoms with Gasteiger partial charge in [0.05, 0.1) is 23.0 Å². The summed E-state index contributed by atoms with van der Waals surface area (Å²) >= 11 is 0. The SMILES string of the molecule is O=C(O)c1cc2c(cc1F)CCC(N(c1ncccn1)N1c3nccc(n3)-c3cnccc31)C2. The van der Waals surface area contributed by atoms with Gasteiger partial charge >= 0.3 is 5.97 Å². The van der Waals surface area contributed by atoms with E-state index in [0.717, 1.165) is 28.1 Å². The van der Waals surface area contributed by atoms with Crippen LogP contribution in [0.5, 0.6) is 0 Å². The maximum atomic E-state index is 14.3. The van der Waals surface area contributed by atoms with Crippen LogP contribution in [0.4, 0.5) is 22.0 Å². The van der Waals surface area contributed by atoms with Crippen molar-refractivity contribution in [1.82, 2.24) is 24.9 Å². The van der Waals surface area contributed by atoms with Crippen LogP contribution in [0.25, 0.3) is 11.3 Å². The number of carboxylic acids is 1. The highest BCUT2D eigenvalue weighted by molar-refractivity contribution is 5.88. The van der Waals surface area contributed by atoms with Gasteiger partial charge in [0, 0.05) is 36.5 Å². The number of rotatable bonds is 4. The number of carbonyl (C=O) groups is 1. The van der Waals surface area contributed by atoms with Gasteiger partial charge in [0.25, 0.3) is 0 Å². The predicted octanol–water partition coefficient (Wildman–Crippen LogP) is 3.60. The van der Waals surface area contributed by atoms with E-state index in [-0.39, 0.29) is 11.6 Å².